The number of aliphatic hydroxyl groups excluding tert-OH is 2. The zero-order valence-electron chi connectivity index (χ0n) is 30.9. The van der Waals surface area contributed by atoms with Crippen molar-refractivity contribution in [3.8, 4) is 0 Å². The minimum absolute atomic E-state index is 0.0753. The molecule has 0 saturated carbocycles. The molecule has 0 bridgehead atoms. The van der Waals surface area contributed by atoms with E-state index in [0.717, 1.165) is 9.80 Å². The van der Waals surface area contributed by atoms with Crippen molar-refractivity contribution in [1.29, 1.82) is 0 Å². The van der Waals surface area contributed by atoms with Gasteiger partial charge in [-0.1, -0.05) is 6.92 Å². The molecule has 48 heavy (non-hydrogen) atoms. The Hall–Kier alpha value is -2.36. The first-order valence-corrected chi connectivity index (χ1v) is 17.2. The van der Waals surface area contributed by atoms with Crippen molar-refractivity contribution in [2.45, 2.75) is 133 Å². The van der Waals surface area contributed by atoms with E-state index in [9.17, 15) is 29.4 Å². The van der Waals surface area contributed by atoms with Gasteiger partial charge in [0.05, 0.1) is 51.7 Å². The Morgan fingerprint density at radius 2 is 0.896 bits per heavy atom. The van der Waals surface area contributed by atoms with Gasteiger partial charge in [-0.15, -0.1) is 0 Å². The molecule has 4 fully saturated rings. The Kier molecular flexibility index (Phi) is 10.5. The van der Waals surface area contributed by atoms with E-state index < -0.39 is 35.3 Å². The Bertz CT molecular complexity index is 1140. The second kappa shape index (κ2) is 13.1. The first-order chi connectivity index (χ1) is 21.9. The maximum absolute atomic E-state index is 13.5. The van der Waals surface area contributed by atoms with Crippen LogP contribution >= 0.6 is 0 Å². The summed E-state index contributed by atoms with van der Waals surface area (Å²) in [6.45, 7) is 18.4. The molecule has 4 aliphatic rings. The molecule has 0 aromatic heterocycles. The summed E-state index contributed by atoms with van der Waals surface area (Å²) < 4.78 is 11.4. The molecule has 6 amide bonds. The molecule has 4 N–H and O–H groups in total. The van der Waals surface area contributed by atoms with Gasteiger partial charge >= 0.3 is 12.1 Å². The zero-order valence-corrected chi connectivity index (χ0v) is 30.9. The highest BCUT2D eigenvalue weighted by Crippen LogP contribution is 2.46. The van der Waals surface area contributed by atoms with Gasteiger partial charge in [-0.05, 0) is 95.2 Å². The molecule has 4 rings (SSSR count). The van der Waals surface area contributed by atoms with E-state index in [-0.39, 0.29) is 79.4 Å². The summed E-state index contributed by atoms with van der Waals surface area (Å²) >= 11 is 0. The minimum Gasteiger partial charge on any atom is -0.389 e. The van der Waals surface area contributed by atoms with Crippen molar-refractivity contribution in [1.82, 2.24) is 30.2 Å². The number of rotatable bonds is 12. The third-order valence-corrected chi connectivity index (χ3v) is 11.3. The lowest BCUT2D eigenvalue weighted by molar-refractivity contribution is -0.141. The van der Waals surface area contributed by atoms with E-state index >= 15 is 0 Å². The first kappa shape index (κ1) is 38.4. The second-order valence-corrected chi connectivity index (χ2v) is 17.4. The smallest absolute Gasteiger partial charge is 0.325 e. The summed E-state index contributed by atoms with van der Waals surface area (Å²) in [5, 5.41) is 27.2. The highest BCUT2D eigenvalue weighted by atomic mass is 16.5. The number of nitrogens with one attached hydrogen (secondary N) is 2. The molecule has 0 aromatic rings. The largest absolute Gasteiger partial charge is 0.389 e. The first-order valence-electron chi connectivity index (χ1n) is 17.2. The van der Waals surface area contributed by atoms with Crippen LogP contribution in [0.25, 0.3) is 0 Å². The predicted molar refractivity (Wildman–Crippen MR) is 179 cm³/mol. The lowest BCUT2D eigenvalue weighted by Crippen LogP contribution is -2.68. The summed E-state index contributed by atoms with van der Waals surface area (Å²) in [6.07, 6.45) is -0.254. The highest BCUT2D eigenvalue weighted by molar-refractivity contribution is 6.08. The van der Waals surface area contributed by atoms with E-state index in [4.69, 9.17) is 9.47 Å². The van der Waals surface area contributed by atoms with Crippen LogP contribution in [0.2, 0.25) is 0 Å². The lowest BCUT2D eigenvalue weighted by atomic mass is 9.69. The van der Waals surface area contributed by atoms with Crippen LogP contribution in [0, 0.1) is 5.92 Å². The van der Waals surface area contributed by atoms with E-state index in [1.54, 1.807) is 0 Å². The topological polar surface area (TPSA) is 164 Å². The Morgan fingerprint density at radius 1 is 0.604 bits per heavy atom. The summed E-state index contributed by atoms with van der Waals surface area (Å²) in [4.78, 5) is 59.5. The van der Waals surface area contributed by atoms with Crippen molar-refractivity contribution in [2.24, 2.45) is 5.92 Å². The monoisotopic (exact) mass is 680 g/mol. The van der Waals surface area contributed by atoms with Crippen molar-refractivity contribution in [3.63, 3.8) is 0 Å². The van der Waals surface area contributed by atoms with Crippen LogP contribution in [0.15, 0.2) is 0 Å². The van der Waals surface area contributed by atoms with Crippen molar-refractivity contribution < 1.29 is 38.9 Å². The van der Waals surface area contributed by atoms with Crippen molar-refractivity contribution in [3.05, 3.63) is 0 Å². The van der Waals surface area contributed by atoms with Crippen LogP contribution in [-0.4, -0.2) is 153 Å². The normalized spacial score (nSPS) is 27.8. The Morgan fingerprint density at radius 3 is 1.19 bits per heavy atom. The summed E-state index contributed by atoms with van der Waals surface area (Å²) in [5.41, 5.74) is -3.30. The summed E-state index contributed by atoms with van der Waals surface area (Å²) in [6, 6.07) is -1.00. The number of likely N-dealkylation sites (tertiary alicyclic amines) is 2. The van der Waals surface area contributed by atoms with Crippen LogP contribution in [0.1, 0.15) is 88.0 Å². The van der Waals surface area contributed by atoms with Gasteiger partial charge < -0.3 is 30.3 Å². The summed E-state index contributed by atoms with van der Waals surface area (Å²) in [7, 11) is 4.06. The molecule has 4 heterocycles. The number of hydrogen-bond acceptors (Lipinski definition) is 10. The van der Waals surface area contributed by atoms with Gasteiger partial charge in [0.25, 0.3) is 11.8 Å². The quantitative estimate of drug-likeness (QED) is 0.222. The zero-order chi connectivity index (χ0) is 36.3. The number of imide groups is 2. The number of hydrogen-bond donors (Lipinski definition) is 4. The lowest BCUT2D eigenvalue weighted by Gasteiger charge is -2.56. The fraction of sp³-hybridized carbons (Fsp3) is 0.882. The maximum atomic E-state index is 13.5. The van der Waals surface area contributed by atoms with Crippen LogP contribution in [-0.2, 0) is 19.1 Å². The maximum Gasteiger partial charge on any atom is 0.325 e. The van der Waals surface area contributed by atoms with Gasteiger partial charge in [-0.3, -0.25) is 29.2 Å². The minimum atomic E-state index is -1.06. The molecule has 0 radical (unpaired) electrons. The van der Waals surface area contributed by atoms with Crippen LogP contribution < -0.4 is 10.6 Å². The van der Waals surface area contributed by atoms with Crippen LogP contribution in [0.4, 0.5) is 9.59 Å². The van der Waals surface area contributed by atoms with Crippen molar-refractivity contribution >= 4 is 23.9 Å². The third kappa shape index (κ3) is 7.39. The molecular weight excluding hydrogens is 620 g/mol. The van der Waals surface area contributed by atoms with Gasteiger partial charge in [0, 0.05) is 28.1 Å². The Labute approximate surface area is 285 Å². The number of nitrogens with zero attached hydrogens (tertiary/aromatic N) is 4. The SMILES string of the molecule is CC(COCC(O)CN1C(=O)NC2(CC(C)(C)N(C)C(C)(C)C2)C1=O)COCC(O)CN1C(=O)NC2(CC(C)(C)N(C)C(C)(C)C2)C1=O. The number of carbonyl (C=O) groups is 4. The molecule has 4 aliphatic heterocycles. The van der Waals surface area contributed by atoms with E-state index in [1.807, 2.05) is 21.0 Å². The van der Waals surface area contributed by atoms with Gasteiger partial charge in [0.15, 0.2) is 0 Å². The number of ether oxygens (including phenoxy) is 2. The van der Waals surface area contributed by atoms with Crippen LogP contribution in [0.5, 0.6) is 0 Å². The molecule has 14 heteroatoms. The Balaban J connectivity index is 1.18. The number of β-amino-alcohol motifs (C(OH)–C–C–N with tert-alkyl or cyclic N) is 2. The predicted octanol–water partition coefficient (Wildman–Crippen LogP) is 1.52. The fourth-order valence-electron chi connectivity index (χ4n) is 8.74. The molecule has 2 spiro atoms. The van der Waals surface area contributed by atoms with Crippen molar-refractivity contribution in [2.75, 3.05) is 53.6 Å². The molecule has 274 valence electrons. The molecule has 0 aromatic carbocycles. The number of aliphatic hydroxyl groups is 2. The van der Waals surface area contributed by atoms with Gasteiger partial charge in [0.1, 0.15) is 11.1 Å². The van der Waals surface area contributed by atoms with Gasteiger partial charge in [-0.25, -0.2) is 9.59 Å². The molecular formula is C34H60N6O8. The summed E-state index contributed by atoms with van der Waals surface area (Å²) in [5.74, 6) is -0.733. The number of piperidine rings is 2. The number of amides is 6. The highest BCUT2D eigenvalue weighted by Gasteiger charge is 2.62. The molecule has 0 aliphatic carbocycles. The standard InChI is InChI=1S/C34H60N6O8/c1-22(14-47-16-23(41)12-39-25(43)33(35-27(39)45)18-29(2,3)37(10)30(4,5)19-33)15-48-17-24(42)13-40-26(44)34(36-28(40)46)20-31(6,7)38(11)32(8,9)21-34/h22-24,41-42H,12-21H2,1-11H3,(H,35,45)(H,36,46). The second-order valence-electron chi connectivity index (χ2n) is 17.4. The van der Waals surface area contributed by atoms with Crippen LogP contribution in [0.3, 0.4) is 0 Å². The van der Waals surface area contributed by atoms with E-state index in [1.165, 1.54) is 0 Å². The fourth-order valence-corrected chi connectivity index (χ4v) is 8.74. The average molecular weight is 681 g/mol. The van der Waals surface area contributed by atoms with Gasteiger partial charge in [-0.2, -0.15) is 0 Å². The third-order valence-electron chi connectivity index (χ3n) is 11.3. The number of urea groups is 2. The molecule has 14 nitrogen and oxygen atoms in total. The van der Waals surface area contributed by atoms with E-state index in [2.05, 4.69) is 75.8 Å². The van der Waals surface area contributed by atoms with Gasteiger partial charge in [0.2, 0.25) is 0 Å². The molecule has 2 atom stereocenters. The molecule has 4 saturated heterocycles. The molecule has 2 unspecified atom stereocenters. The van der Waals surface area contributed by atoms with E-state index in [0.29, 0.717) is 25.7 Å². The average Bonchev–Trinajstić information content (AvgIpc) is 3.27. The number of carbonyl (C=O) groups excluding carboxylic acids is 4.